The standard InChI is InChI=1S/C23H22N4O2S/c1-14(2)30-23-16(7-6-12-24-23)22(28)27-19-13-15(10-11-20(19)29-3)21-25-17-8-4-5-9-18(17)26-21/h4-14H,1-3H3,(H,25,26)(H,27,28). The number of aromatic amines is 1. The fraction of sp³-hybridized carbons (Fsp3) is 0.174. The van der Waals surface area contributed by atoms with Gasteiger partial charge in [-0.05, 0) is 42.5 Å². The molecule has 0 saturated carbocycles. The smallest absolute Gasteiger partial charge is 0.258 e. The fourth-order valence-electron chi connectivity index (χ4n) is 3.11. The number of hydrogen-bond donors (Lipinski definition) is 2. The molecule has 4 aromatic rings. The van der Waals surface area contributed by atoms with E-state index in [9.17, 15) is 4.79 Å². The Morgan fingerprint density at radius 2 is 1.97 bits per heavy atom. The topological polar surface area (TPSA) is 79.9 Å². The molecule has 0 radical (unpaired) electrons. The van der Waals surface area contributed by atoms with Crippen molar-refractivity contribution in [1.29, 1.82) is 0 Å². The van der Waals surface area contributed by atoms with Crippen molar-refractivity contribution in [1.82, 2.24) is 15.0 Å². The zero-order valence-corrected chi connectivity index (χ0v) is 17.8. The van der Waals surface area contributed by atoms with E-state index in [-0.39, 0.29) is 5.91 Å². The van der Waals surface area contributed by atoms with E-state index >= 15 is 0 Å². The molecule has 1 amide bonds. The number of fused-ring (bicyclic) bond motifs is 1. The molecule has 0 saturated heterocycles. The quantitative estimate of drug-likeness (QED) is 0.411. The van der Waals surface area contributed by atoms with E-state index in [4.69, 9.17) is 4.74 Å². The molecule has 0 fully saturated rings. The van der Waals surface area contributed by atoms with Crippen LogP contribution >= 0.6 is 11.8 Å². The number of aromatic nitrogens is 3. The molecule has 0 aliphatic heterocycles. The van der Waals surface area contributed by atoms with Gasteiger partial charge in [0.05, 0.1) is 29.4 Å². The summed E-state index contributed by atoms with van der Waals surface area (Å²) in [4.78, 5) is 25.4. The Morgan fingerprint density at radius 1 is 1.13 bits per heavy atom. The average Bonchev–Trinajstić information content (AvgIpc) is 3.18. The van der Waals surface area contributed by atoms with Gasteiger partial charge in [-0.1, -0.05) is 26.0 Å². The molecule has 6 nitrogen and oxygen atoms in total. The van der Waals surface area contributed by atoms with Crippen LogP contribution in [-0.2, 0) is 0 Å². The first-order valence-electron chi connectivity index (χ1n) is 9.61. The Bertz CT molecular complexity index is 1170. The molecule has 0 atom stereocenters. The van der Waals surface area contributed by atoms with Gasteiger partial charge in [-0.15, -0.1) is 11.8 Å². The second-order valence-electron chi connectivity index (χ2n) is 6.99. The van der Waals surface area contributed by atoms with Gasteiger partial charge >= 0.3 is 0 Å². The number of carbonyl (C=O) groups excluding carboxylic acids is 1. The SMILES string of the molecule is COc1ccc(-c2nc3ccccc3[nH]2)cc1NC(=O)c1cccnc1SC(C)C. The highest BCUT2D eigenvalue weighted by atomic mass is 32.2. The minimum Gasteiger partial charge on any atom is -0.495 e. The van der Waals surface area contributed by atoms with Crippen LogP contribution in [0.15, 0.2) is 65.8 Å². The third-order valence-corrected chi connectivity index (χ3v) is 5.49. The maximum absolute atomic E-state index is 13.0. The molecule has 2 heterocycles. The minimum atomic E-state index is -0.230. The van der Waals surface area contributed by atoms with Crippen LogP contribution in [0.3, 0.4) is 0 Å². The summed E-state index contributed by atoms with van der Waals surface area (Å²) in [5.41, 5.74) is 3.81. The van der Waals surface area contributed by atoms with Crippen LogP contribution in [0.4, 0.5) is 5.69 Å². The number of carbonyl (C=O) groups is 1. The van der Waals surface area contributed by atoms with Crippen molar-refractivity contribution in [2.75, 3.05) is 12.4 Å². The average molecular weight is 419 g/mol. The zero-order chi connectivity index (χ0) is 21.1. The van der Waals surface area contributed by atoms with Crippen molar-refractivity contribution in [2.45, 2.75) is 24.1 Å². The van der Waals surface area contributed by atoms with Gasteiger partial charge in [-0.3, -0.25) is 4.79 Å². The molecule has 0 unspecified atom stereocenters. The van der Waals surface area contributed by atoms with Gasteiger partial charge in [-0.2, -0.15) is 0 Å². The van der Waals surface area contributed by atoms with E-state index in [2.05, 4.69) is 34.1 Å². The number of imidazole rings is 1. The van der Waals surface area contributed by atoms with Crippen molar-refractivity contribution in [2.24, 2.45) is 0 Å². The highest BCUT2D eigenvalue weighted by molar-refractivity contribution is 7.99. The van der Waals surface area contributed by atoms with E-state index < -0.39 is 0 Å². The minimum absolute atomic E-state index is 0.230. The number of pyridine rings is 1. The molecule has 0 aliphatic carbocycles. The molecule has 0 aliphatic rings. The van der Waals surface area contributed by atoms with Gasteiger partial charge in [-0.25, -0.2) is 9.97 Å². The predicted molar refractivity (Wildman–Crippen MR) is 121 cm³/mol. The van der Waals surface area contributed by atoms with Gasteiger partial charge in [0.1, 0.15) is 16.6 Å². The van der Waals surface area contributed by atoms with Crippen LogP contribution < -0.4 is 10.1 Å². The lowest BCUT2D eigenvalue weighted by Crippen LogP contribution is -2.14. The summed E-state index contributed by atoms with van der Waals surface area (Å²) < 4.78 is 5.46. The van der Waals surface area contributed by atoms with Crippen molar-refractivity contribution in [3.63, 3.8) is 0 Å². The molecule has 4 rings (SSSR count). The Labute approximate surface area is 179 Å². The van der Waals surface area contributed by atoms with Crippen LogP contribution in [0, 0.1) is 0 Å². The normalized spacial score (nSPS) is 11.1. The molecule has 2 aromatic heterocycles. The van der Waals surface area contributed by atoms with Gasteiger partial charge in [0.15, 0.2) is 0 Å². The monoisotopic (exact) mass is 418 g/mol. The second kappa shape index (κ2) is 8.59. The highest BCUT2D eigenvalue weighted by Gasteiger charge is 2.17. The lowest BCUT2D eigenvalue weighted by molar-refractivity contribution is 0.102. The fourth-order valence-corrected chi connectivity index (χ4v) is 3.97. The number of para-hydroxylation sites is 2. The summed E-state index contributed by atoms with van der Waals surface area (Å²) in [6, 6.07) is 17.0. The third kappa shape index (κ3) is 4.16. The van der Waals surface area contributed by atoms with Crippen LogP contribution in [-0.4, -0.2) is 33.2 Å². The molecule has 0 spiro atoms. The van der Waals surface area contributed by atoms with Gasteiger partial charge < -0.3 is 15.0 Å². The van der Waals surface area contributed by atoms with Gasteiger partial charge in [0.25, 0.3) is 5.91 Å². The van der Waals surface area contributed by atoms with E-state index in [1.165, 1.54) is 0 Å². The molecular weight excluding hydrogens is 396 g/mol. The number of thioether (sulfide) groups is 1. The number of ether oxygens (including phenoxy) is 1. The van der Waals surface area contributed by atoms with Crippen LogP contribution in [0.5, 0.6) is 5.75 Å². The van der Waals surface area contributed by atoms with Crippen LogP contribution in [0.25, 0.3) is 22.4 Å². The number of rotatable bonds is 6. The summed E-state index contributed by atoms with van der Waals surface area (Å²) in [6.07, 6.45) is 1.70. The third-order valence-electron chi connectivity index (χ3n) is 4.47. The molecule has 152 valence electrons. The maximum atomic E-state index is 13.0. The summed E-state index contributed by atoms with van der Waals surface area (Å²) in [6.45, 7) is 4.14. The Morgan fingerprint density at radius 3 is 2.73 bits per heavy atom. The number of anilines is 1. The summed E-state index contributed by atoms with van der Waals surface area (Å²) in [7, 11) is 1.58. The number of amides is 1. The van der Waals surface area contributed by atoms with Crippen molar-refractivity contribution in [3.05, 3.63) is 66.4 Å². The Balaban J connectivity index is 1.67. The van der Waals surface area contributed by atoms with Crippen molar-refractivity contribution >= 4 is 34.4 Å². The van der Waals surface area contributed by atoms with Crippen molar-refractivity contribution in [3.8, 4) is 17.1 Å². The first-order chi connectivity index (χ1) is 14.5. The van der Waals surface area contributed by atoms with E-state index in [0.717, 1.165) is 22.4 Å². The summed E-state index contributed by atoms with van der Waals surface area (Å²) in [5.74, 6) is 1.07. The van der Waals surface area contributed by atoms with E-state index in [1.807, 2.05) is 42.5 Å². The zero-order valence-electron chi connectivity index (χ0n) is 17.0. The molecule has 0 bridgehead atoms. The van der Waals surface area contributed by atoms with Crippen LogP contribution in [0.1, 0.15) is 24.2 Å². The summed E-state index contributed by atoms with van der Waals surface area (Å²) >= 11 is 1.56. The lowest BCUT2D eigenvalue weighted by atomic mass is 10.1. The molecule has 7 heteroatoms. The molecular formula is C23H22N4O2S. The predicted octanol–water partition coefficient (Wildman–Crippen LogP) is 5.39. The maximum Gasteiger partial charge on any atom is 0.258 e. The number of hydrogen-bond acceptors (Lipinski definition) is 5. The largest absolute Gasteiger partial charge is 0.495 e. The van der Waals surface area contributed by atoms with E-state index in [1.54, 1.807) is 37.2 Å². The molecule has 2 N–H and O–H groups in total. The first-order valence-corrected chi connectivity index (χ1v) is 10.5. The van der Waals surface area contributed by atoms with Gasteiger partial charge in [0, 0.05) is 17.0 Å². The Hall–Kier alpha value is -3.32. The van der Waals surface area contributed by atoms with E-state index in [0.29, 0.717) is 27.3 Å². The van der Waals surface area contributed by atoms with Crippen molar-refractivity contribution < 1.29 is 9.53 Å². The second-order valence-corrected chi connectivity index (χ2v) is 8.56. The lowest BCUT2D eigenvalue weighted by Gasteiger charge is -2.13. The summed E-state index contributed by atoms with van der Waals surface area (Å²) in [5, 5.41) is 4.00. The number of nitrogens with one attached hydrogen (secondary N) is 2. The number of nitrogens with zero attached hydrogens (tertiary/aromatic N) is 2. The highest BCUT2D eigenvalue weighted by Crippen LogP contribution is 2.32. The number of H-pyrrole nitrogens is 1. The Kier molecular flexibility index (Phi) is 5.72. The molecule has 30 heavy (non-hydrogen) atoms. The first kappa shape index (κ1) is 20.0. The van der Waals surface area contributed by atoms with Gasteiger partial charge in [0.2, 0.25) is 0 Å². The number of benzene rings is 2. The number of methoxy groups -OCH3 is 1. The molecule has 2 aromatic carbocycles. The van der Waals surface area contributed by atoms with Crippen LogP contribution in [0.2, 0.25) is 0 Å².